The third-order valence-corrected chi connectivity index (χ3v) is 4.75. The topological polar surface area (TPSA) is 114 Å². The van der Waals surface area contributed by atoms with Gasteiger partial charge in [-0.15, -0.1) is 0 Å². The van der Waals surface area contributed by atoms with Crippen LogP contribution in [0, 0.1) is 11.8 Å². The Morgan fingerprint density at radius 2 is 2.10 bits per heavy atom. The molecule has 0 saturated carbocycles. The van der Waals surface area contributed by atoms with Crippen molar-refractivity contribution in [3.05, 3.63) is 12.2 Å². The number of esters is 1. The molecule has 3 N–H and O–H groups in total. The fraction of sp³-hybridized carbons (Fsp3) is 0.762. The predicted octanol–water partition coefficient (Wildman–Crippen LogP) is 1.32. The third kappa shape index (κ3) is 11.6. The maximum Gasteiger partial charge on any atom is 0.305 e. The standard InChI is InChI=1S/C21H36N2O6/c1-16(2)18-15-29-20(26)9-7-5-3-4-6-8-17(21(27)23-18)14-19(25)22-10-12-28-13-11-24/h4,6,16-18,24H,3,5,7-15H2,1-2H3,(H,22,25)(H,23,27)/t17-,18-/m1/s1. The quantitative estimate of drug-likeness (QED) is 0.315. The first-order valence-electron chi connectivity index (χ1n) is 10.5. The molecular formula is C21H36N2O6. The smallest absolute Gasteiger partial charge is 0.305 e. The average molecular weight is 413 g/mol. The van der Waals surface area contributed by atoms with Crippen molar-refractivity contribution in [1.82, 2.24) is 10.6 Å². The first-order valence-corrected chi connectivity index (χ1v) is 10.5. The molecule has 1 rings (SSSR count). The van der Waals surface area contributed by atoms with Gasteiger partial charge in [-0.1, -0.05) is 26.0 Å². The molecule has 166 valence electrons. The van der Waals surface area contributed by atoms with Gasteiger partial charge in [-0.2, -0.15) is 0 Å². The minimum atomic E-state index is -0.496. The zero-order chi connectivity index (χ0) is 21.5. The molecule has 8 nitrogen and oxygen atoms in total. The highest BCUT2D eigenvalue weighted by Crippen LogP contribution is 2.14. The minimum Gasteiger partial charge on any atom is -0.463 e. The van der Waals surface area contributed by atoms with Gasteiger partial charge in [0.05, 0.1) is 31.8 Å². The molecule has 0 unspecified atom stereocenters. The normalized spacial score (nSPS) is 21.9. The van der Waals surface area contributed by atoms with Gasteiger partial charge in [0.25, 0.3) is 0 Å². The van der Waals surface area contributed by atoms with Gasteiger partial charge in [-0.05, 0) is 31.6 Å². The maximum atomic E-state index is 12.8. The summed E-state index contributed by atoms with van der Waals surface area (Å²) in [6.45, 7) is 4.85. The molecule has 0 bridgehead atoms. The Morgan fingerprint density at radius 3 is 2.83 bits per heavy atom. The van der Waals surface area contributed by atoms with Gasteiger partial charge in [-0.25, -0.2) is 0 Å². The molecule has 2 atom stereocenters. The number of hydrogen-bond donors (Lipinski definition) is 3. The predicted molar refractivity (Wildman–Crippen MR) is 109 cm³/mol. The minimum absolute atomic E-state index is 0.0607. The molecule has 0 fully saturated rings. The van der Waals surface area contributed by atoms with Crippen LogP contribution in [-0.2, 0) is 23.9 Å². The number of aliphatic hydroxyl groups excluding tert-OH is 1. The van der Waals surface area contributed by atoms with Gasteiger partial charge in [0, 0.05) is 19.4 Å². The molecule has 0 aromatic rings. The fourth-order valence-corrected chi connectivity index (χ4v) is 2.87. The van der Waals surface area contributed by atoms with Gasteiger partial charge in [0.2, 0.25) is 11.8 Å². The highest BCUT2D eigenvalue weighted by molar-refractivity contribution is 5.86. The van der Waals surface area contributed by atoms with Crippen molar-refractivity contribution in [3.8, 4) is 0 Å². The summed E-state index contributed by atoms with van der Waals surface area (Å²) in [5, 5.41) is 14.4. The van der Waals surface area contributed by atoms with E-state index >= 15 is 0 Å². The molecule has 0 radical (unpaired) electrons. The van der Waals surface area contributed by atoms with Crippen LogP contribution in [0.3, 0.4) is 0 Å². The first-order chi connectivity index (χ1) is 13.9. The molecule has 1 aliphatic rings. The summed E-state index contributed by atoms with van der Waals surface area (Å²) < 4.78 is 10.4. The van der Waals surface area contributed by atoms with E-state index in [-0.39, 0.29) is 56.0 Å². The second kappa shape index (κ2) is 15.0. The lowest BCUT2D eigenvalue weighted by molar-refractivity contribution is -0.145. The van der Waals surface area contributed by atoms with Crippen LogP contribution in [0.5, 0.6) is 0 Å². The SMILES string of the molecule is CC(C)[C@H]1COC(=O)CCCCC=CC[C@H](CC(=O)NCCOCCO)C(=O)N1. The lowest BCUT2D eigenvalue weighted by Crippen LogP contribution is -2.45. The first kappa shape index (κ1) is 25.1. The Hall–Kier alpha value is -1.93. The van der Waals surface area contributed by atoms with Crippen molar-refractivity contribution in [2.45, 2.75) is 58.4 Å². The molecule has 0 aromatic heterocycles. The zero-order valence-electron chi connectivity index (χ0n) is 17.7. The maximum absolute atomic E-state index is 12.8. The Morgan fingerprint density at radius 1 is 1.31 bits per heavy atom. The van der Waals surface area contributed by atoms with Crippen molar-refractivity contribution < 1.29 is 29.0 Å². The van der Waals surface area contributed by atoms with Crippen molar-refractivity contribution >= 4 is 17.8 Å². The summed E-state index contributed by atoms with van der Waals surface area (Å²) in [5.74, 6) is -1.09. The number of carbonyl (C=O) groups is 3. The lowest BCUT2D eigenvalue weighted by atomic mass is 9.97. The summed E-state index contributed by atoms with van der Waals surface area (Å²) in [7, 11) is 0. The van der Waals surface area contributed by atoms with Crippen LogP contribution in [0.2, 0.25) is 0 Å². The number of ether oxygens (including phenoxy) is 2. The van der Waals surface area contributed by atoms with Crippen LogP contribution in [0.1, 0.15) is 52.4 Å². The van der Waals surface area contributed by atoms with Crippen LogP contribution < -0.4 is 10.6 Å². The molecule has 8 heteroatoms. The number of aliphatic hydroxyl groups is 1. The molecule has 0 aliphatic carbocycles. The Bertz CT molecular complexity index is 535. The lowest BCUT2D eigenvalue weighted by Gasteiger charge is -2.25. The van der Waals surface area contributed by atoms with Gasteiger partial charge in [-0.3, -0.25) is 14.4 Å². The van der Waals surface area contributed by atoms with Crippen LogP contribution in [0.25, 0.3) is 0 Å². The fourth-order valence-electron chi connectivity index (χ4n) is 2.87. The Balaban J connectivity index is 2.69. The molecular weight excluding hydrogens is 376 g/mol. The van der Waals surface area contributed by atoms with E-state index in [1.165, 1.54) is 0 Å². The van der Waals surface area contributed by atoms with E-state index in [4.69, 9.17) is 14.6 Å². The average Bonchev–Trinajstić information content (AvgIpc) is 2.68. The zero-order valence-corrected chi connectivity index (χ0v) is 17.7. The molecule has 1 heterocycles. The second-order valence-corrected chi connectivity index (χ2v) is 7.58. The van der Waals surface area contributed by atoms with E-state index in [0.717, 1.165) is 19.3 Å². The van der Waals surface area contributed by atoms with E-state index in [1.54, 1.807) is 0 Å². The van der Waals surface area contributed by atoms with Gasteiger partial charge in [0.15, 0.2) is 0 Å². The number of amides is 2. The van der Waals surface area contributed by atoms with Crippen LogP contribution in [-0.4, -0.2) is 61.9 Å². The van der Waals surface area contributed by atoms with Crippen molar-refractivity contribution in [3.63, 3.8) is 0 Å². The van der Waals surface area contributed by atoms with E-state index in [9.17, 15) is 14.4 Å². The van der Waals surface area contributed by atoms with Crippen LogP contribution in [0.4, 0.5) is 0 Å². The number of cyclic esters (lactones) is 1. The Labute approximate surface area is 173 Å². The molecule has 0 aromatic carbocycles. The van der Waals surface area contributed by atoms with Gasteiger partial charge >= 0.3 is 5.97 Å². The molecule has 29 heavy (non-hydrogen) atoms. The number of hydrogen-bond acceptors (Lipinski definition) is 6. The van der Waals surface area contributed by atoms with E-state index in [1.807, 2.05) is 26.0 Å². The molecule has 0 spiro atoms. The third-order valence-electron chi connectivity index (χ3n) is 4.75. The van der Waals surface area contributed by atoms with E-state index in [2.05, 4.69) is 10.6 Å². The van der Waals surface area contributed by atoms with Crippen LogP contribution in [0.15, 0.2) is 12.2 Å². The summed E-state index contributed by atoms with van der Waals surface area (Å²) in [5.41, 5.74) is 0. The number of rotatable bonds is 8. The largest absolute Gasteiger partial charge is 0.463 e. The van der Waals surface area contributed by atoms with Gasteiger partial charge in [0.1, 0.15) is 6.61 Å². The Kier molecular flexibility index (Phi) is 13.0. The highest BCUT2D eigenvalue weighted by atomic mass is 16.5. The summed E-state index contributed by atoms with van der Waals surface area (Å²) >= 11 is 0. The highest BCUT2D eigenvalue weighted by Gasteiger charge is 2.25. The van der Waals surface area contributed by atoms with E-state index in [0.29, 0.717) is 26.0 Å². The monoisotopic (exact) mass is 412 g/mol. The molecule has 2 amide bonds. The number of allylic oxidation sites excluding steroid dienone is 2. The number of nitrogens with one attached hydrogen (secondary N) is 2. The molecule has 1 aliphatic heterocycles. The van der Waals surface area contributed by atoms with Crippen molar-refractivity contribution in [2.75, 3.05) is 33.0 Å². The van der Waals surface area contributed by atoms with Crippen LogP contribution >= 0.6 is 0 Å². The van der Waals surface area contributed by atoms with Crippen molar-refractivity contribution in [2.24, 2.45) is 11.8 Å². The summed E-state index contributed by atoms with van der Waals surface area (Å²) in [6.07, 6.45) is 7.35. The molecule has 0 saturated heterocycles. The number of carbonyl (C=O) groups excluding carboxylic acids is 3. The van der Waals surface area contributed by atoms with Crippen molar-refractivity contribution in [1.29, 1.82) is 0 Å². The van der Waals surface area contributed by atoms with E-state index < -0.39 is 5.92 Å². The van der Waals surface area contributed by atoms with Gasteiger partial charge < -0.3 is 25.2 Å². The second-order valence-electron chi connectivity index (χ2n) is 7.58. The summed E-state index contributed by atoms with van der Waals surface area (Å²) in [6, 6.07) is -0.296. The summed E-state index contributed by atoms with van der Waals surface area (Å²) in [4.78, 5) is 36.9.